The summed E-state index contributed by atoms with van der Waals surface area (Å²) in [5, 5.41) is 4.04. The highest BCUT2D eigenvalue weighted by Crippen LogP contribution is 2.34. The van der Waals surface area contributed by atoms with Crippen LogP contribution in [0.5, 0.6) is 0 Å². The van der Waals surface area contributed by atoms with Crippen molar-refractivity contribution in [2.75, 3.05) is 26.7 Å². The molecule has 0 atom stereocenters. The molecule has 4 heterocycles. The van der Waals surface area contributed by atoms with Gasteiger partial charge in [-0.1, -0.05) is 24.3 Å². The molecule has 1 amide bonds. The third-order valence-electron chi connectivity index (χ3n) is 8.43. The van der Waals surface area contributed by atoms with Crippen LogP contribution in [0, 0.1) is 13.8 Å². The molecule has 0 unspecified atom stereocenters. The van der Waals surface area contributed by atoms with Gasteiger partial charge in [0.05, 0.1) is 16.9 Å². The first kappa shape index (κ1) is 23.9. The van der Waals surface area contributed by atoms with E-state index < -0.39 is 0 Å². The molecule has 6 heteroatoms. The number of aromatic nitrogens is 3. The lowest BCUT2D eigenvalue weighted by Gasteiger charge is -2.33. The molecule has 0 radical (unpaired) electrons. The number of nitrogens with one attached hydrogen (secondary N) is 1. The number of nitrogens with zero attached hydrogens (tertiary/aromatic N) is 4. The quantitative estimate of drug-likeness (QED) is 0.429. The second-order valence-electron chi connectivity index (χ2n) is 10.6. The van der Waals surface area contributed by atoms with E-state index in [0.29, 0.717) is 11.6 Å². The number of hydrogen-bond acceptors (Lipinski definition) is 4. The number of fused-ring (bicyclic) bond motifs is 4. The van der Waals surface area contributed by atoms with Crippen LogP contribution in [-0.4, -0.2) is 52.0 Å². The number of pyridine rings is 1. The monoisotopic (exact) mass is 493 g/mol. The van der Waals surface area contributed by atoms with Gasteiger partial charge in [0, 0.05) is 24.7 Å². The van der Waals surface area contributed by atoms with Crippen LogP contribution in [0.2, 0.25) is 0 Å². The van der Waals surface area contributed by atoms with E-state index in [0.717, 1.165) is 55.8 Å². The number of carbonyl (C=O) groups excluding carboxylic acids is 1. The summed E-state index contributed by atoms with van der Waals surface area (Å²) in [4.78, 5) is 24.1. The minimum atomic E-state index is -0.109. The second-order valence-corrected chi connectivity index (χ2v) is 10.6. The highest BCUT2D eigenvalue weighted by molar-refractivity contribution is 5.93. The average molecular weight is 494 g/mol. The predicted molar refractivity (Wildman–Crippen MR) is 148 cm³/mol. The fourth-order valence-corrected chi connectivity index (χ4v) is 6.40. The van der Waals surface area contributed by atoms with Crippen LogP contribution in [0.25, 0.3) is 16.6 Å². The van der Waals surface area contributed by atoms with Crippen LogP contribution in [0.15, 0.2) is 48.8 Å². The summed E-state index contributed by atoms with van der Waals surface area (Å²) >= 11 is 0. The Morgan fingerprint density at radius 1 is 1.05 bits per heavy atom. The molecule has 2 aliphatic heterocycles. The molecule has 2 aromatic carbocycles. The molecular weight excluding hydrogens is 458 g/mol. The molecule has 6 rings (SSSR count). The van der Waals surface area contributed by atoms with Gasteiger partial charge in [-0.05, 0) is 105 Å². The zero-order valence-corrected chi connectivity index (χ0v) is 22.1. The second kappa shape index (κ2) is 9.75. The molecule has 190 valence electrons. The third-order valence-corrected chi connectivity index (χ3v) is 8.43. The Balaban J connectivity index is 1.15. The zero-order chi connectivity index (χ0) is 25.5. The van der Waals surface area contributed by atoms with E-state index >= 15 is 0 Å². The van der Waals surface area contributed by atoms with Gasteiger partial charge in [0.15, 0.2) is 0 Å². The number of aryl methyl sites for hydroxylation is 2. The van der Waals surface area contributed by atoms with Crippen molar-refractivity contribution < 1.29 is 4.79 Å². The van der Waals surface area contributed by atoms with Crippen molar-refractivity contribution in [3.8, 4) is 5.69 Å². The van der Waals surface area contributed by atoms with Crippen molar-refractivity contribution in [2.45, 2.75) is 51.9 Å². The van der Waals surface area contributed by atoms with E-state index in [1.165, 1.54) is 46.2 Å². The number of likely N-dealkylation sites (tertiary alicyclic amines) is 1. The first-order chi connectivity index (χ1) is 18.0. The number of carbonyl (C=O) groups is 1. The molecular formula is C31H35N5O. The molecule has 1 N–H and O–H groups in total. The Morgan fingerprint density at radius 3 is 2.70 bits per heavy atom. The number of hydrogen-bond donors (Lipinski definition) is 1. The Labute approximate surface area is 218 Å². The van der Waals surface area contributed by atoms with Gasteiger partial charge in [-0.3, -0.25) is 9.78 Å². The highest BCUT2D eigenvalue weighted by atomic mass is 16.1. The van der Waals surface area contributed by atoms with E-state index in [1.54, 1.807) is 7.05 Å². The number of amides is 1. The molecule has 0 spiro atoms. The number of benzene rings is 2. The summed E-state index contributed by atoms with van der Waals surface area (Å²) in [5.74, 6) is 0.493. The zero-order valence-electron chi connectivity index (χ0n) is 22.1. The fourth-order valence-electron chi connectivity index (χ4n) is 6.40. The first-order valence-electron chi connectivity index (χ1n) is 13.5. The fraction of sp³-hybridized carbons (Fsp3) is 0.387. The lowest BCUT2D eigenvalue weighted by molar-refractivity contribution is 0.0957. The molecule has 0 bridgehead atoms. The number of piperidine rings is 1. The lowest BCUT2D eigenvalue weighted by Crippen LogP contribution is -2.34. The van der Waals surface area contributed by atoms with E-state index in [9.17, 15) is 4.79 Å². The summed E-state index contributed by atoms with van der Waals surface area (Å²) in [6, 6.07) is 15.4. The summed E-state index contributed by atoms with van der Waals surface area (Å²) < 4.78 is 2.12. The SMILES string of the molecule is CNC(=O)c1ncn2c1CCc1c-2ccc(C)c1CCN1CCC(c2cccc3nc(C)ccc23)CC1. The van der Waals surface area contributed by atoms with Gasteiger partial charge in [-0.15, -0.1) is 0 Å². The third kappa shape index (κ3) is 4.33. The lowest BCUT2D eigenvalue weighted by atomic mass is 9.86. The molecule has 2 aliphatic rings. The average Bonchev–Trinajstić information content (AvgIpc) is 3.36. The minimum Gasteiger partial charge on any atom is -0.354 e. The standard InChI is InChI=1S/C31H35N5O/c1-20-7-11-28-26(10-12-29-30(31(37)32-3)33-19-36(28)29)23(20)15-18-35-16-13-22(14-17-35)24-5-4-6-27-25(24)9-8-21(2)34-27/h4-9,11,19,22H,10,12-18H2,1-3H3,(H,32,37). The molecule has 37 heavy (non-hydrogen) atoms. The maximum atomic E-state index is 12.3. The molecule has 6 nitrogen and oxygen atoms in total. The van der Waals surface area contributed by atoms with Gasteiger partial charge in [-0.2, -0.15) is 0 Å². The van der Waals surface area contributed by atoms with Crippen LogP contribution >= 0.6 is 0 Å². The summed E-state index contributed by atoms with van der Waals surface area (Å²) in [5.41, 5.74) is 10.7. The maximum Gasteiger partial charge on any atom is 0.271 e. The normalized spacial score (nSPS) is 16.0. The Morgan fingerprint density at radius 2 is 1.89 bits per heavy atom. The number of imidazole rings is 1. The van der Waals surface area contributed by atoms with Crippen molar-refractivity contribution in [2.24, 2.45) is 0 Å². The van der Waals surface area contributed by atoms with Gasteiger partial charge in [0.25, 0.3) is 5.91 Å². The first-order valence-corrected chi connectivity index (χ1v) is 13.5. The molecule has 0 saturated carbocycles. The molecule has 0 aliphatic carbocycles. The van der Waals surface area contributed by atoms with Crippen molar-refractivity contribution in [1.29, 1.82) is 0 Å². The van der Waals surface area contributed by atoms with Gasteiger partial charge in [0.2, 0.25) is 0 Å². The number of rotatable bonds is 5. The van der Waals surface area contributed by atoms with Crippen LogP contribution in [0.3, 0.4) is 0 Å². The van der Waals surface area contributed by atoms with Gasteiger partial charge >= 0.3 is 0 Å². The van der Waals surface area contributed by atoms with E-state index in [1.807, 2.05) is 6.33 Å². The topological polar surface area (TPSA) is 63.1 Å². The Kier molecular flexibility index (Phi) is 6.29. The van der Waals surface area contributed by atoms with Gasteiger partial charge < -0.3 is 14.8 Å². The van der Waals surface area contributed by atoms with Gasteiger partial charge in [0.1, 0.15) is 12.0 Å². The Bertz CT molecular complexity index is 1480. The van der Waals surface area contributed by atoms with Crippen molar-refractivity contribution in [3.05, 3.63) is 88.1 Å². The van der Waals surface area contributed by atoms with E-state index in [2.05, 4.69) is 76.1 Å². The molecule has 2 aromatic heterocycles. The highest BCUT2D eigenvalue weighted by Gasteiger charge is 2.26. The van der Waals surface area contributed by atoms with Crippen LogP contribution < -0.4 is 5.32 Å². The summed E-state index contributed by atoms with van der Waals surface area (Å²) in [7, 11) is 1.66. The molecule has 1 fully saturated rings. The molecule has 1 saturated heterocycles. The predicted octanol–water partition coefficient (Wildman–Crippen LogP) is 4.92. The van der Waals surface area contributed by atoms with Crippen molar-refractivity contribution >= 4 is 16.8 Å². The summed E-state index contributed by atoms with van der Waals surface area (Å²) in [6.07, 6.45) is 7.06. The van der Waals surface area contributed by atoms with Crippen LogP contribution in [0.4, 0.5) is 0 Å². The Hall–Kier alpha value is -3.51. The van der Waals surface area contributed by atoms with Crippen molar-refractivity contribution in [1.82, 2.24) is 24.8 Å². The van der Waals surface area contributed by atoms with E-state index in [-0.39, 0.29) is 5.91 Å². The smallest absolute Gasteiger partial charge is 0.271 e. The summed E-state index contributed by atoms with van der Waals surface area (Å²) in [6.45, 7) is 7.65. The van der Waals surface area contributed by atoms with Crippen LogP contribution in [-0.2, 0) is 19.3 Å². The molecule has 4 aromatic rings. The van der Waals surface area contributed by atoms with Crippen LogP contribution in [0.1, 0.15) is 62.9 Å². The largest absolute Gasteiger partial charge is 0.354 e. The minimum absolute atomic E-state index is 0.109. The van der Waals surface area contributed by atoms with Gasteiger partial charge in [-0.25, -0.2) is 4.98 Å². The van der Waals surface area contributed by atoms with E-state index in [4.69, 9.17) is 4.98 Å². The maximum absolute atomic E-state index is 12.3. The van der Waals surface area contributed by atoms with Crippen molar-refractivity contribution in [3.63, 3.8) is 0 Å².